The van der Waals surface area contributed by atoms with Crippen LogP contribution in [0.15, 0.2) is 29.2 Å². The summed E-state index contributed by atoms with van der Waals surface area (Å²) >= 11 is 0. The summed E-state index contributed by atoms with van der Waals surface area (Å²) in [6.07, 6.45) is 3.23. The van der Waals surface area contributed by atoms with Gasteiger partial charge < -0.3 is 4.43 Å². The average molecular weight is 425 g/mol. The third-order valence-electron chi connectivity index (χ3n) is 7.25. The highest BCUT2D eigenvalue weighted by Crippen LogP contribution is 2.53. The normalized spacial score (nSPS) is 29.2. The molecule has 158 valence electrons. The van der Waals surface area contributed by atoms with Crippen LogP contribution in [0, 0.1) is 24.7 Å². The first-order chi connectivity index (χ1) is 12.8. The molecule has 2 aliphatic rings. The molecule has 0 aliphatic heterocycles. The van der Waals surface area contributed by atoms with Crippen LogP contribution < -0.4 is 0 Å². The zero-order valence-electron chi connectivity index (χ0n) is 18.4. The summed E-state index contributed by atoms with van der Waals surface area (Å²) in [5, 5.41) is 0.182. The number of fused-ring (bicyclic) bond motifs is 2. The minimum absolute atomic E-state index is 0.182. The molecule has 28 heavy (non-hydrogen) atoms. The van der Waals surface area contributed by atoms with Crippen molar-refractivity contribution < 1.29 is 17.0 Å². The zero-order chi connectivity index (χ0) is 20.9. The minimum Gasteiger partial charge on any atom is -0.414 e. The molecule has 2 saturated carbocycles. The minimum atomic E-state index is -3.74. The van der Waals surface area contributed by atoms with Crippen molar-refractivity contribution in [1.29, 1.82) is 0 Å². The number of hydrogen-bond donors (Lipinski definition) is 0. The van der Waals surface area contributed by atoms with Crippen LogP contribution in [0.1, 0.15) is 52.5 Å². The summed E-state index contributed by atoms with van der Waals surface area (Å²) in [7, 11) is -5.57. The van der Waals surface area contributed by atoms with Gasteiger partial charge in [0, 0.05) is 6.10 Å². The molecule has 2 fully saturated rings. The first kappa shape index (κ1) is 22.0. The summed E-state index contributed by atoms with van der Waals surface area (Å²) in [4.78, 5) is 0.238. The second-order valence-corrected chi connectivity index (χ2v) is 16.7. The molecule has 1 aromatic carbocycles. The highest BCUT2D eigenvalue weighted by molar-refractivity contribution is 7.86. The first-order valence-electron chi connectivity index (χ1n) is 10.5. The standard InChI is InChI=1S/C22H36O4SSi/c1-15-8-10-18(11-9-15)27(23,24)25-16(2)19-12-17-13-20(19)21(14-17)26-28(6,7)22(3,4)5/h8-11,16-17,19-21H,12-14H2,1-7H3/t16-,17-,19+,20-,21+/m1/s1. The fourth-order valence-corrected chi connectivity index (χ4v) is 7.11. The van der Waals surface area contributed by atoms with E-state index in [9.17, 15) is 8.42 Å². The summed E-state index contributed by atoms with van der Waals surface area (Å²) in [5.74, 6) is 1.29. The van der Waals surface area contributed by atoms with Gasteiger partial charge in [-0.3, -0.25) is 4.18 Å². The third-order valence-corrected chi connectivity index (χ3v) is 13.2. The van der Waals surface area contributed by atoms with E-state index >= 15 is 0 Å². The summed E-state index contributed by atoms with van der Waals surface area (Å²) in [5.41, 5.74) is 1.03. The maximum atomic E-state index is 12.7. The molecule has 0 unspecified atom stereocenters. The van der Waals surface area contributed by atoms with Gasteiger partial charge in [-0.25, -0.2) is 0 Å². The van der Waals surface area contributed by atoms with E-state index in [2.05, 4.69) is 33.9 Å². The SMILES string of the molecule is Cc1ccc(S(=O)(=O)O[C@H](C)[C@@H]2C[C@@H]3C[C@H]2[C@@H](O[Si](C)(C)C(C)(C)C)C3)cc1. The van der Waals surface area contributed by atoms with E-state index in [1.807, 2.05) is 26.0 Å². The number of hydrogen-bond acceptors (Lipinski definition) is 4. The van der Waals surface area contributed by atoms with Crippen molar-refractivity contribution in [2.45, 2.75) is 89.1 Å². The van der Waals surface area contributed by atoms with E-state index in [1.54, 1.807) is 12.1 Å². The lowest BCUT2D eigenvalue weighted by Gasteiger charge is -2.42. The van der Waals surface area contributed by atoms with Gasteiger partial charge in [0.2, 0.25) is 0 Å². The largest absolute Gasteiger partial charge is 0.414 e. The number of benzene rings is 1. The summed E-state index contributed by atoms with van der Waals surface area (Å²) < 4.78 is 37.8. The van der Waals surface area contributed by atoms with Crippen molar-refractivity contribution in [2.75, 3.05) is 0 Å². The van der Waals surface area contributed by atoms with Crippen LogP contribution in [0.25, 0.3) is 0 Å². The lowest BCUT2D eigenvalue weighted by atomic mass is 9.83. The molecule has 0 radical (unpaired) electrons. The lowest BCUT2D eigenvalue weighted by molar-refractivity contribution is 0.0394. The molecule has 2 aliphatic carbocycles. The van der Waals surface area contributed by atoms with E-state index in [0.717, 1.165) is 24.8 Å². The highest BCUT2D eigenvalue weighted by atomic mass is 32.2. The van der Waals surface area contributed by atoms with Crippen LogP contribution in [-0.4, -0.2) is 28.9 Å². The zero-order valence-corrected chi connectivity index (χ0v) is 20.2. The van der Waals surface area contributed by atoms with Crippen molar-refractivity contribution in [3.63, 3.8) is 0 Å². The molecular weight excluding hydrogens is 388 g/mol. The van der Waals surface area contributed by atoms with Gasteiger partial charge in [0.15, 0.2) is 8.32 Å². The predicted octanol–water partition coefficient (Wildman–Crippen LogP) is 5.53. The Morgan fingerprint density at radius 2 is 1.68 bits per heavy atom. The summed E-state index contributed by atoms with van der Waals surface area (Å²) in [6, 6.07) is 6.87. The second kappa shape index (κ2) is 7.53. The van der Waals surface area contributed by atoms with Crippen molar-refractivity contribution >= 4 is 18.4 Å². The van der Waals surface area contributed by atoms with Gasteiger partial charge in [-0.05, 0) is 81.1 Å². The number of aryl methyl sites for hydroxylation is 1. The second-order valence-electron chi connectivity index (χ2n) is 10.4. The Kier molecular flexibility index (Phi) is 5.92. The van der Waals surface area contributed by atoms with E-state index in [-0.39, 0.29) is 28.1 Å². The molecule has 1 aromatic rings. The Labute approximate surface area is 172 Å². The average Bonchev–Trinajstić information content (AvgIpc) is 3.13. The molecule has 0 saturated heterocycles. The summed E-state index contributed by atoms with van der Waals surface area (Å²) in [6.45, 7) is 15.3. The molecule has 5 atom stereocenters. The Morgan fingerprint density at radius 3 is 2.21 bits per heavy atom. The van der Waals surface area contributed by atoms with Crippen LogP contribution in [0.4, 0.5) is 0 Å². The number of rotatable bonds is 6. The van der Waals surface area contributed by atoms with Crippen molar-refractivity contribution in [3.8, 4) is 0 Å². The topological polar surface area (TPSA) is 52.6 Å². The molecule has 0 aromatic heterocycles. The fourth-order valence-electron chi connectivity index (χ4n) is 4.60. The van der Waals surface area contributed by atoms with Gasteiger partial charge in [-0.15, -0.1) is 0 Å². The van der Waals surface area contributed by atoms with Crippen molar-refractivity contribution in [1.82, 2.24) is 0 Å². The maximum Gasteiger partial charge on any atom is 0.297 e. The van der Waals surface area contributed by atoms with Gasteiger partial charge in [-0.2, -0.15) is 8.42 Å². The highest BCUT2D eigenvalue weighted by Gasteiger charge is 2.52. The Hall–Kier alpha value is -0.693. The van der Waals surface area contributed by atoms with Gasteiger partial charge in [-0.1, -0.05) is 38.5 Å². The van der Waals surface area contributed by atoms with Gasteiger partial charge >= 0.3 is 0 Å². The lowest BCUT2D eigenvalue weighted by Crippen LogP contribution is -2.47. The molecule has 0 N–H and O–H groups in total. The Morgan fingerprint density at radius 1 is 1.07 bits per heavy atom. The quantitative estimate of drug-likeness (QED) is 0.445. The molecule has 0 heterocycles. The third kappa shape index (κ3) is 4.40. The first-order valence-corrected chi connectivity index (χ1v) is 14.8. The molecule has 6 heteroatoms. The molecule has 3 rings (SSSR count). The molecule has 0 amide bonds. The van der Waals surface area contributed by atoms with Gasteiger partial charge in [0.25, 0.3) is 10.1 Å². The van der Waals surface area contributed by atoms with Crippen LogP contribution in [0.5, 0.6) is 0 Å². The van der Waals surface area contributed by atoms with E-state index in [1.165, 1.54) is 0 Å². The molecular formula is C22H36O4SSi. The van der Waals surface area contributed by atoms with E-state index in [0.29, 0.717) is 11.8 Å². The van der Waals surface area contributed by atoms with Crippen molar-refractivity contribution in [3.05, 3.63) is 29.8 Å². The van der Waals surface area contributed by atoms with Crippen LogP contribution in [0.3, 0.4) is 0 Å². The predicted molar refractivity (Wildman–Crippen MR) is 115 cm³/mol. The van der Waals surface area contributed by atoms with Gasteiger partial charge in [0.1, 0.15) is 0 Å². The molecule has 0 spiro atoms. The van der Waals surface area contributed by atoms with Crippen LogP contribution in [-0.2, 0) is 18.7 Å². The van der Waals surface area contributed by atoms with Crippen LogP contribution in [0.2, 0.25) is 18.1 Å². The monoisotopic (exact) mass is 424 g/mol. The smallest absolute Gasteiger partial charge is 0.297 e. The molecule has 4 nitrogen and oxygen atoms in total. The fraction of sp³-hybridized carbons (Fsp3) is 0.727. The molecule has 2 bridgehead atoms. The van der Waals surface area contributed by atoms with E-state index < -0.39 is 18.4 Å². The van der Waals surface area contributed by atoms with E-state index in [4.69, 9.17) is 8.61 Å². The van der Waals surface area contributed by atoms with Crippen molar-refractivity contribution in [2.24, 2.45) is 17.8 Å². The van der Waals surface area contributed by atoms with Gasteiger partial charge in [0.05, 0.1) is 11.0 Å². The Balaban J connectivity index is 1.70. The maximum absolute atomic E-state index is 12.7. The Bertz CT molecular complexity index is 795. The van der Waals surface area contributed by atoms with Crippen LogP contribution >= 0.6 is 0 Å².